The molecule has 10 heteroatoms. The van der Waals surface area contributed by atoms with Crippen LogP contribution in [0.25, 0.3) is 0 Å². The number of amides is 5. The summed E-state index contributed by atoms with van der Waals surface area (Å²) in [6, 6.07) is 9.19. The van der Waals surface area contributed by atoms with Crippen LogP contribution in [0.5, 0.6) is 0 Å². The Kier molecular flexibility index (Phi) is 5.48. The predicted octanol–water partition coefficient (Wildman–Crippen LogP) is 2.76. The SMILES string of the molecule is CC1(C2CC2)NC(=O)N(CC(=O)Nc2cccc(C(=O)Nc3ccc(Br)cn3)c2)C1=O. The van der Waals surface area contributed by atoms with Crippen LogP contribution in [0, 0.1) is 5.92 Å². The molecule has 1 aliphatic heterocycles. The molecule has 0 bridgehead atoms. The van der Waals surface area contributed by atoms with Crippen LogP contribution >= 0.6 is 15.9 Å². The number of rotatable bonds is 6. The molecule has 31 heavy (non-hydrogen) atoms. The smallest absolute Gasteiger partial charge is 0.325 e. The Morgan fingerprint density at radius 3 is 2.68 bits per heavy atom. The molecule has 0 radical (unpaired) electrons. The highest BCUT2D eigenvalue weighted by Crippen LogP contribution is 2.42. The number of nitrogens with zero attached hydrogens (tertiary/aromatic N) is 2. The molecule has 1 aliphatic carbocycles. The lowest BCUT2D eigenvalue weighted by Crippen LogP contribution is -2.46. The number of carbonyl (C=O) groups excluding carboxylic acids is 4. The number of halogens is 1. The van der Waals surface area contributed by atoms with E-state index in [1.807, 2.05) is 0 Å². The third kappa shape index (κ3) is 4.43. The van der Waals surface area contributed by atoms with Crippen LogP contribution in [-0.4, -0.2) is 45.7 Å². The van der Waals surface area contributed by atoms with E-state index in [-0.39, 0.29) is 17.7 Å². The Balaban J connectivity index is 1.39. The van der Waals surface area contributed by atoms with Gasteiger partial charge in [-0.15, -0.1) is 0 Å². The van der Waals surface area contributed by atoms with Crippen LogP contribution in [0.1, 0.15) is 30.1 Å². The number of anilines is 2. The Morgan fingerprint density at radius 1 is 1.23 bits per heavy atom. The zero-order valence-electron chi connectivity index (χ0n) is 16.6. The van der Waals surface area contributed by atoms with Crippen LogP contribution in [0.2, 0.25) is 0 Å². The number of aromatic nitrogens is 1. The quantitative estimate of drug-likeness (QED) is 0.543. The average Bonchev–Trinajstić information content (AvgIpc) is 3.56. The molecule has 1 aromatic heterocycles. The number of benzene rings is 1. The van der Waals surface area contributed by atoms with Crippen LogP contribution in [0.4, 0.5) is 16.3 Å². The van der Waals surface area contributed by atoms with E-state index in [9.17, 15) is 19.2 Å². The number of hydrogen-bond acceptors (Lipinski definition) is 5. The first-order valence-corrected chi connectivity index (χ1v) is 10.5. The second-order valence-corrected chi connectivity index (χ2v) is 8.66. The van der Waals surface area contributed by atoms with Gasteiger partial charge in [-0.1, -0.05) is 6.07 Å². The Hall–Kier alpha value is -3.27. The largest absolute Gasteiger partial charge is 0.325 e. The minimum absolute atomic E-state index is 0.118. The van der Waals surface area contributed by atoms with Crippen molar-refractivity contribution >= 4 is 51.2 Å². The number of hydrogen-bond donors (Lipinski definition) is 3. The zero-order chi connectivity index (χ0) is 22.2. The van der Waals surface area contributed by atoms with E-state index in [0.29, 0.717) is 17.1 Å². The average molecular weight is 486 g/mol. The lowest BCUT2D eigenvalue weighted by Gasteiger charge is -2.20. The number of imide groups is 1. The van der Waals surface area contributed by atoms with Gasteiger partial charge in [-0.25, -0.2) is 9.78 Å². The summed E-state index contributed by atoms with van der Waals surface area (Å²) in [7, 11) is 0. The summed E-state index contributed by atoms with van der Waals surface area (Å²) in [5.41, 5.74) is -0.242. The van der Waals surface area contributed by atoms with Crippen molar-refractivity contribution in [1.82, 2.24) is 15.2 Å². The maximum absolute atomic E-state index is 12.6. The Bertz CT molecular complexity index is 1070. The van der Waals surface area contributed by atoms with Gasteiger partial charge in [-0.2, -0.15) is 0 Å². The molecule has 2 aromatic rings. The number of nitrogens with one attached hydrogen (secondary N) is 3. The van der Waals surface area contributed by atoms with E-state index >= 15 is 0 Å². The first-order valence-electron chi connectivity index (χ1n) is 9.73. The van der Waals surface area contributed by atoms with E-state index < -0.39 is 24.0 Å². The number of pyridine rings is 1. The molecule has 1 saturated carbocycles. The summed E-state index contributed by atoms with van der Waals surface area (Å²) in [4.78, 5) is 54.8. The van der Waals surface area contributed by atoms with Crippen molar-refractivity contribution in [3.63, 3.8) is 0 Å². The van der Waals surface area contributed by atoms with Crippen LogP contribution in [0.15, 0.2) is 47.1 Å². The fourth-order valence-electron chi connectivity index (χ4n) is 3.52. The first kappa shape index (κ1) is 21.0. The molecule has 1 aromatic carbocycles. The molecule has 160 valence electrons. The third-order valence-corrected chi connectivity index (χ3v) is 5.84. The maximum atomic E-state index is 12.6. The fraction of sp³-hybridized carbons (Fsp3) is 0.286. The molecule has 2 heterocycles. The topological polar surface area (TPSA) is 120 Å². The molecule has 0 spiro atoms. The van der Waals surface area contributed by atoms with Crippen molar-refractivity contribution < 1.29 is 19.2 Å². The van der Waals surface area contributed by atoms with Crippen molar-refractivity contribution in [2.45, 2.75) is 25.3 Å². The zero-order valence-corrected chi connectivity index (χ0v) is 18.2. The minimum Gasteiger partial charge on any atom is -0.325 e. The van der Waals surface area contributed by atoms with E-state index in [2.05, 4.69) is 36.9 Å². The van der Waals surface area contributed by atoms with E-state index in [0.717, 1.165) is 22.2 Å². The first-order chi connectivity index (χ1) is 14.8. The van der Waals surface area contributed by atoms with Crippen LogP contribution < -0.4 is 16.0 Å². The highest BCUT2D eigenvalue weighted by molar-refractivity contribution is 9.10. The number of carbonyl (C=O) groups is 4. The van der Waals surface area contributed by atoms with Gasteiger partial charge in [0.25, 0.3) is 11.8 Å². The summed E-state index contributed by atoms with van der Waals surface area (Å²) in [5.74, 6) is -0.798. The summed E-state index contributed by atoms with van der Waals surface area (Å²) in [6.07, 6.45) is 3.33. The van der Waals surface area contributed by atoms with E-state index in [1.165, 1.54) is 6.07 Å². The summed E-state index contributed by atoms with van der Waals surface area (Å²) in [6.45, 7) is 1.30. The summed E-state index contributed by atoms with van der Waals surface area (Å²) >= 11 is 3.28. The molecular formula is C21H20BrN5O4. The second kappa shape index (κ2) is 8.10. The van der Waals surface area contributed by atoms with Gasteiger partial charge >= 0.3 is 6.03 Å². The maximum Gasteiger partial charge on any atom is 0.325 e. The molecule has 3 N–H and O–H groups in total. The van der Waals surface area contributed by atoms with Gasteiger partial charge in [-0.3, -0.25) is 19.3 Å². The summed E-state index contributed by atoms with van der Waals surface area (Å²) < 4.78 is 0.790. The fourth-order valence-corrected chi connectivity index (χ4v) is 3.75. The number of urea groups is 1. The van der Waals surface area contributed by atoms with Crippen molar-refractivity contribution in [2.75, 3.05) is 17.2 Å². The van der Waals surface area contributed by atoms with Gasteiger partial charge in [0, 0.05) is 21.9 Å². The lowest BCUT2D eigenvalue weighted by molar-refractivity contribution is -0.134. The van der Waals surface area contributed by atoms with Gasteiger partial charge in [0.15, 0.2) is 0 Å². The molecule has 2 aliphatic rings. The van der Waals surface area contributed by atoms with Gasteiger partial charge in [-0.05, 0) is 71.9 Å². The summed E-state index contributed by atoms with van der Waals surface area (Å²) in [5, 5.41) is 8.01. The minimum atomic E-state index is -0.934. The molecule has 4 rings (SSSR count). The molecule has 5 amide bonds. The molecule has 1 atom stereocenters. The predicted molar refractivity (Wildman–Crippen MR) is 116 cm³/mol. The normalized spacial score (nSPS) is 20.4. The Morgan fingerprint density at radius 2 is 2.00 bits per heavy atom. The monoisotopic (exact) mass is 485 g/mol. The lowest BCUT2D eigenvalue weighted by atomic mass is 9.96. The van der Waals surface area contributed by atoms with Gasteiger partial charge in [0.2, 0.25) is 5.91 Å². The van der Waals surface area contributed by atoms with Crippen LogP contribution in [0.3, 0.4) is 0 Å². The van der Waals surface area contributed by atoms with Gasteiger partial charge < -0.3 is 16.0 Å². The molecule has 1 unspecified atom stereocenters. The van der Waals surface area contributed by atoms with Gasteiger partial charge in [0.1, 0.15) is 17.9 Å². The molecule has 2 fully saturated rings. The van der Waals surface area contributed by atoms with Gasteiger partial charge in [0.05, 0.1) is 0 Å². The third-order valence-electron chi connectivity index (χ3n) is 5.37. The van der Waals surface area contributed by atoms with Crippen molar-refractivity contribution in [3.05, 3.63) is 52.6 Å². The standard InChI is InChI=1S/C21H20BrN5O4/c1-21(13-5-6-13)19(30)27(20(31)26-21)11-17(28)24-15-4-2-3-12(9-15)18(29)25-16-8-7-14(22)10-23-16/h2-4,7-10,13H,5-6,11H2,1H3,(H,24,28)(H,26,31)(H,23,25,29). The molecular weight excluding hydrogens is 466 g/mol. The van der Waals surface area contributed by atoms with E-state index in [4.69, 9.17) is 0 Å². The molecule has 9 nitrogen and oxygen atoms in total. The molecule has 1 saturated heterocycles. The van der Waals surface area contributed by atoms with Crippen molar-refractivity contribution in [3.8, 4) is 0 Å². The highest BCUT2D eigenvalue weighted by Gasteiger charge is 2.56. The van der Waals surface area contributed by atoms with Crippen LogP contribution in [-0.2, 0) is 9.59 Å². The Labute approximate surface area is 186 Å². The second-order valence-electron chi connectivity index (χ2n) is 7.74. The van der Waals surface area contributed by atoms with Crippen molar-refractivity contribution in [1.29, 1.82) is 0 Å². The van der Waals surface area contributed by atoms with E-state index in [1.54, 1.807) is 43.5 Å². The highest BCUT2D eigenvalue weighted by atomic mass is 79.9. The van der Waals surface area contributed by atoms with Crippen molar-refractivity contribution in [2.24, 2.45) is 5.92 Å².